The highest BCUT2D eigenvalue weighted by Crippen LogP contribution is 2.53. The molecule has 1 saturated carbocycles. The summed E-state index contributed by atoms with van der Waals surface area (Å²) in [4.78, 5) is 32.4. The van der Waals surface area contributed by atoms with Crippen LogP contribution in [0.4, 0.5) is 13.6 Å². The van der Waals surface area contributed by atoms with Crippen LogP contribution in [0.15, 0.2) is 42.5 Å². The third-order valence-electron chi connectivity index (χ3n) is 8.99. The molecule has 2 aliphatic heterocycles. The highest BCUT2D eigenvalue weighted by molar-refractivity contribution is 5.80. The van der Waals surface area contributed by atoms with Crippen molar-refractivity contribution in [3.8, 4) is 0 Å². The summed E-state index contributed by atoms with van der Waals surface area (Å²) in [5.74, 6) is -1.36. The van der Waals surface area contributed by atoms with E-state index in [2.05, 4.69) is 35.8 Å². The van der Waals surface area contributed by atoms with Gasteiger partial charge >= 0.3 is 6.09 Å². The van der Waals surface area contributed by atoms with Gasteiger partial charge in [0.1, 0.15) is 5.60 Å². The Labute approximate surface area is 242 Å². The molecule has 0 bridgehead atoms. The summed E-state index contributed by atoms with van der Waals surface area (Å²) in [5.41, 5.74) is 2.67. The van der Waals surface area contributed by atoms with E-state index in [1.165, 1.54) is 11.6 Å². The van der Waals surface area contributed by atoms with Crippen molar-refractivity contribution in [3.63, 3.8) is 0 Å². The Bertz CT molecular complexity index is 1270. The third kappa shape index (κ3) is 6.42. The number of carbonyl (C=O) groups is 2. The maximum absolute atomic E-state index is 13.9. The topological polar surface area (TPSA) is 53.1 Å². The average Bonchev–Trinajstić information content (AvgIpc) is 2.88. The molecule has 5 rings (SSSR count). The SMILES string of the molecule is CC(C)c1ccccc1[C@@H]1CN(Cc2ccc(F)c(F)c2)CC(=O)N1C1CC2(CCN(C(=O)OC(C)(C)C)CC2)C1. The van der Waals surface area contributed by atoms with Crippen molar-refractivity contribution in [1.29, 1.82) is 0 Å². The van der Waals surface area contributed by atoms with Gasteiger partial charge in [-0.25, -0.2) is 13.6 Å². The number of hydrogen-bond acceptors (Lipinski definition) is 4. The molecule has 1 aliphatic carbocycles. The summed E-state index contributed by atoms with van der Waals surface area (Å²) in [6.45, 7) is 12.6. The number of rotatable bonds is 5. The number of nitrogens with zero attached hydrogens (tertiary/aromatic N) is 3. The standard InChI is InChI=1S/C33H43F2N3O3/c1-22(2)25-8-6-7-9-26(25)29-20-36(19-23-10-11-27(34)28(35)16-23)21-30(39)38(29)24-17-33(18-24)12-14-37(15-13-33)31(40)41-32(3,4)5/h6-11,16,22,24,29H,12-15,17-21H2,1-5H3/t29-/m0/s1. The van der Waals surface area contributed by atoms with E-state index in [1.54, 1.807) is 6.07 Å². The number of benzene rings is 2. The Morgan fingerprint density at radius 3 is 2.37 bits per heavy atom. The zero-order valence-electron chi connectivity index (χ0n) is 25.0. The van der Waals surface area contributed by atoms with Gasteiger partial charge in [0.2, 0.25) is 5.91 Å². The van der Waals surface area contributed by atoms with E-state index >= 15 is 0 Å². The molecule has 2 amide bonds. The van der Waals surface area contributed by atoms with Crippen molar-refractivity contribution in [2.24, 2.45) is 5.41 Å². The Morgan fingerprint density at radius 2 is 1.73 bits per heavy atom. The predicted molar refractivity (Wildman–Crippen MR) is 154 cm³/mol. The number of ether oxygens (including phenoxy) is 1. The number of piperazine rings is 1. The molecule has 0 unspecified atom stereocenters. The lowest BCUT2D eigenvalue weighted by Crippen LogP contribution is -2.62. The molecule has 6 nitrogen and oxygen atoms in total. The molecule has 2 aromatic carbocycles. The van der Waals surface area contributed by atoms with Crippen LogP contribution < -0.4 is 0 Å². The van der Waals surface area contributed by atoms with Gasteiger partial charge in [-0.1, -0.05) is 44.2 Å². The van der Waals surface area contributed by atoms with Gasteiger partial charge in [-0.05, 0) is 86.6 Å². The van der Waals surface area contributed by atoms with Gasteiger partial charge < -0.3 is 14.5 Å². The Kier molecular flexibility index (Phi) is 8.16. The van der Waals surface area contributed by atoms with Crippen molar-refractivity contribution >= 4 is 12.0 Å². The van der Waals surface area contributed by atoms with Gasteiger partial charge in [0.15, 0.2) is 11.6 Å². The molecular weight excluding hydrogens is 524 g/mol. The summed E-state index contributed by atoms with van der Waals surface area (Å²) in [7, 11) is 0. The molecule has 1 spiro atoms. The molecule has 0 N–H and O–H groups in total. The van der Waals surface area contributed by atoms with Crippen LogP contribution in [0.3, 0.4) is 0 Å². The van der Waals surface area contributed by atoms with Crippen LogP contribution in [-0.2, 0) is 16.1 Å². The zero-order chi connectivity index (χ0) is 29.5. The van der Waals surface area contributed by atoms with E-state index in [0.717, 1.165) is 37.3 Å². The van der Waals surface area contributed by atoms with E-state index in [1.807, 2.05) is 37.8 Å². The maximum Gasteiger partial charge on any atom is 0.410 e. The van der Waals surface area contributed by atoms with E-state index in [-0.39, 0.29) is 36.0 Å². The van der Waals surface area contributed by atoms with Crippen LogP contribution >= 0.6 is 0 Å². The Morgan fingerprint density at radius 1 is 1.05 bits per heavy atom. The molecule has 3 aliphatic rings. The molecule has 2 heterocycles. The minimum atomic E-state index is -0.869. The minimum Gasteiger partial charge on any atom is -0.444 e. The fourth-order valence-corrected chi connectivity index (χ4v) is 6.94. The first kappa shape index (κ1) is 29.5. The highest BCUT2D eigenvalue weighted by Gasteiger charge is 2.52. The second-order valence-electron chi connectivity index (χ2n) is 13.5. The van der Waals surface area contributed by atoms with Crippen LogP contribution in [0.1, 0.15) is 89.0 Å². The monoisotopic (exact) mass is 567 g/mol. The smallest absolute Gasteiger partial charge is 0.410 e. The number of halogens is 2. The van der Waals surface area contributed by atoms with Crippen LogP contribution in [0, 0.1) is 17.0 Å². The van der Waals surface area contributed by atoms with Gasteiger partial charge in [-0.2, -0.15) is 0 Å². The molecule has 1 atom stereocenters. The van der Waals surface area contributed by atoms with Gasteiger partial charge in [0.05, 0.1) is 12.6 Å². The van der Waals surface area contributed by atoms with Crippen LogP contribution in [-0.4, -0.2) is 64.5 Å². The molecule has 222 valence electrons. The maximum atomic E-state index is 13.9. The number of likely N-dealkylation sites (tertiary alicyclic amines) is 1. The fraction of sp³-hybridized carbons (Fsp3) is 0.576. The number of hydrogen-bond donors (Lipinski definition) is 0. The molecule has 0 aromatic heterocycles. The summed E-state index contributed by atoms with van der Waals surface area (Å²) < 4.78 is 33.0. The average molecular weight is 568 g/mol. The lowest BCUT2D eigenvalue weighted by molar-refractivity contribution is -0.153. The molecular formula is C33H43F2N3O3. The van der Waals surface area contributed by atoms with Gasteiger partial charge in [0, 0.05) is 32.2 Å². The highest BCUT2D eigenvalue weighted by atomic mass is 19.2. The minimum absolute atomic E-state index is 0.0773. The van der Waals surface area contributed by atoms with Crippen LogP contribution in [0.5, 0.6) is 0 Å². The molecule has 2 aromatic rings. The molecule has 2 saturated heterocycles. The van der Waals surface area contributed by atoms with Crippen LogP contribution in [0.2, 0.25) is 0 Å². The second kappa shape index (κ2) is 11.3. The van der Waals surface area contributed by atoms with Gasteiger partial charge in [-0.3, -0.25) is 9.69 Å². The molecule has 41 heavy (non-hydrogen) atoms. The van der Waals surface area contributed by atoms with Crippen molar-refractivity contribution in [2.45, 2.75) is 90.4 Å². The molecule has 0 radical (unpaired) electrons. The third-order valence-corrected chi connectivity index (χ3v) is 8.99. The van der Waals surface area contributed by atoms with E-state index < -0.39 is 17.2 Å². The fourth-order valence-electron chi connectivity index (χ4n) is 6.94. The second-order valence-corrected chi connectivity index (χ2v) is 13.5. The van der Waals surface area contributed by atoms with Crippen molar-refractivity contribution in [1.82, 2.24) is 14.7 Å². The summed E-state index contributed by atoms with van der Waals surface area (Å²) in [5, 5.41) is 0. The quantitative estimate of drug-likeness (QED) is 0.406. The predicted octanol–water partition coefficient (Wildman–Crippen LogP) is 6.65. The lowest BCUT2D eigenvalue weighted by Gasteiger charge is -2.58. The Balaban J connectivity index is 1.32. The van der Waals surface area contributed by atoms with Crippen molar-refractivity contribution < 1.29 is 23.1 Å². The normalized spacial score (nSPS) is 21.9. The number of amides is 2. The first-order valence-electron chi connectivity index (χ1n) is 14.9. The molecule has 3 fully saturated rings. The first-order valence-corrected chi connectivity index (χ1v) is 14.9. The van der Waals surface area contributed by atoms with Crippen LogP contribution in [0.25, 0.3) is 0 Å². The van der Waals surface area contributed by atoms with Crippen molar-refractivity contribution in [2.75, 3.05) is 26.2 Å². The first-order chi connectivity index (χ1) is 19.3. The van der Waals surface area contributed by atoms with E-state index in [4.69, 9.17) is 4.74 Å². The van der Waals surface area contributed by atoms with Gasteiger partial charge in [0.25, 0.3) is 0 Å². The zero-order valence-corrected chi connectivity index (χ0v) is 25.0. The number of piperidine rings is 1. The number of carbonyl (C=O) groups excluding carboxylic acids is 2. The Hall–Kier alpha value is -3.00. The summed E-state index contributed by atoms with van der Waals surface area (Å²) >= 11 is 0. The summed E-state index contributed by atoms with van der Waals surface area (Å²) in [6.07, 6.45) is 3.45. The van der Waals surface area contributed by atoms with Gasteiger partial charge in [-0.15, -0.1) is 0 Å². The summed E-state index contributed by atoms with van der Waals surface area (Å²) in [6, 6.07) is 12.3. The largest absolute Gasteiger partial charge is 0.444 e. The van der Waals surface area contributed by atoms with Crippen molar-refractivity contribution in [3.05, 3.63) is 70.8 Å². The van der Waals surface area contributed by atoms with E-state index in [0.29, 0.717) is 37.7 Å². The lowest BCUT2D eigenvalue weighted by atomic mass is 9.59. The van der Waals surface area contributed by atoms with E-state index in [9.17, 15) is 18.4 Å². The molecule has 8 heteroatoms.